The molecule has 0 spiro atoms. The highest BCUT2D eigenvalue weighted by Gasteiger charge is 2.32. The Kier molecular flexibility index (Phi) is 6.18. The van der Waals surface area contributed by atoms with Gasteiger partial charge in [0.2, 0.25) is 0 Å². The van der Waals surface area contributed by atoms with Crippen LogP contribution >= 0.6 is 22.7 Å². The topological polar surface area (TPSA) is 56.0 Å². The number of benzene rings is 5. The van der Waals surface area contributed by atoms with Gasteiger partial charge in [0.1, 0.15) is 15.9 Å². The van der Waals surface area contributed by atoms with E-state index in [0.29, 0.717) is 0 Å². The number of rotatable bonds is 2. The van der Waals surface area contributed by atoms with Crippen molar-refractivity contribution in [2.24, 2.45) is 5.92 Å². The summed E-state index contributed by atoms with van der Waals surface area (Å²) in [6.45, 7) is 2.35. The highest BCUT2D eigenvalue weighted by atomic mass is 32.1. The molecule has 6 aromatic heterocycles. The summed E-state index contributed by atoms with van der Waals surface area (Å²) < 4.78 is 6.06. The fourth-order valence-electron chi connectivity index (χ4n) is 9.18. The Morgan fingerprint density at radius 1 is 0.625 bits per heavy atom. The van der Waals surface area contributed by atoms with Crippen molar-refractivity contribution in [2.45, 2.75) is 12.8 Å². The fraction of sp³-hybridized carbons (Fsp3) is 0.0612. The molecule has 2 atom stereocenters. The van der Waals surface area contributed by atoms with Crippen LogP contribution in [0.3, 0.4) is 0 Å². The normalized spacial score (nSPS) is 16.3. The van der Waals surface area contributed by atoms with E-state index in [1.807, 2.05) is 41.8 Å². The van der Waals surface area contributed by atoms with Crippen LogP contribution in [0.5, 0.6) is 0 Å². The summed E-state index contributed by atoms with van der Waals surface area (Å²) >= 11 is 3.52. The van der Waals surface area contributed by atoms with Gasteiger partial charge in [0, 0.05) is 39.1 Å². The SMILES string of the molecule is CC1c2nc3c4sc5cc6ccccc6cc5c4cc(-c4ccc(-c5ccnc6c5sc5nc7ccccc7nc56)cc4)n3c2C=C2C=c3ccccc3=CC21. The van der Waals surface area contributed by atoms with Gasteiger partial charge in [-0.1, -0.05) is 104 Å². The molecular weight excluding hydrogens is 723 g/mol. The van der Waals surface area contributed by atoms with Crippen molar-refractivity contribution in [2.75, 3.05) is 0 Å². The zero-order valence-corrected chi connectivity index (χ0v) is 31.7. The molecule has 0 bridgehead atoms. The van der Waals surface area contributed by atoms with Crippen molar-refractivity contribution in [1.29, 1.82) is 0 Å². The van der Waals surface area contributed by atoms with Crippen molar-refractivity contribution >= 4 is 109 Å². The van der Waals surface area contributed by atoms with Crippen LogP contribution in [0.1, 0.15) is 24.2 Å². The Balaban J connectivity index is 1.04. The summed E-state index contributed by atoms with van der Waals surface area (Å²) in [5, 5.41) is 7.62. The van der Waals surface area contributed by atoms with E-state index < -0.39 is 0 Å². The summed E-state index contributed by atoms with van der Waals surface area (Å²) in [6.07, 6.45) is 9.13. The van der Waals surface area contributed by atoms with Crippen LogP contribution in [0, 0.1) is 5.92 Å². The molecule has 56 heavy (non-hydrogen) atoms. The fourth-order valence-corrected chi connectivity index (χ4v) is 11.5. The van der Waals surface area contributed by atoms with E-state index in [0.717, 1.165) is 65.3 Å². The summed E-state index contributed by atoms with van der Waals surface area (Å²) in [5.41, 5.74) is 12.8. The Morgan fingerprint density at radius 2 is 1.38 bits per heavy atom. The standard InChI is InChI=1S/C49H29N5S2/c1-26-35-21-30-9-3-2-8-29(30)20-33(35)23-41-43(26)53-48-47-37(36-22-31-10-4-5-11-32(31)24-42(36)55-47)25-40(54(41)48)28-16-14-27(15-17-28)34-18-19-50-44-45-49(56-46(34)44)52-39-13-7-6-12-38(39)51-45/h2-26,35H,1H3. The zero-order chi connectivity index (χ0) is 36.6. The van der Waals surface area contributed by atoms with Crippen molar-refractivity contribution in [3.63, 3.8) is 0 Å². The summed E-state index contributed by atoms with van der Waals surface area (Å²) in [6, 6.07) is 43.7. The number of imidazole rings is 1. The van der Waals surface area contributed by atoms with Crippen molar-refractivity contribution in [1.82, 2.24) is 24.3 Å². The molecule has 0 aliphatic heterocycles. The molecule has 11 aromatic rings. The molecule has 5 nitrogen and oxygen atoms in total. The minimum Gasteiger partial charge on any atom is -0.291 e. The number of para-hydroxylation sites is 2. The van der Waals surface area contributed by atoms with Gasteiger partial charge in [0.05, 0.1) is 37.5 Å². The maximum atomic E-state index is 5.58. The van der Waals surface area contributed by atoms with Gasteiger partial charge < -0.3 is 0 Å². The lowest BCUT2D eigenvalue weighted by atomic mass is 9.77. The minimum absolute atomic E-state index is 0.230. The summed E-state index contributed by atoms with van der Waals surface area (Å²) in [5.74, 6) is 0.511. The monoisotopic (exact) mass is 751 g/mol. The number of hydrogen-bond donors (Lipinski definition) is 0. The van der Waals surface area contributed by atoms with E-state index in [9.17, 15) is 0 Å². The van der Waals surface area contributed by atoms with Crippen molar-refractivity contribution in [3.8, 4) is 22.4 Å². The van der Waals surface area contributed by atoms with Gasteiger partial charge in [0.15, 0.2) is 5.65 Å². The first kappa shape index (κ1) is 30.7. The highest BCUT2D eigenvalue weighted by Crippen LogP contribution is 2.46. The molecule has 0 fully saturated rings. The predicted octanol–water partition coefficient (Wildman–Crippen LogP) is 11.3. The van der Waals surface area contributed by atoms with Crippen LogP contribution in [-0.4, -0.2) is 24.3 Å². The summed E-state index contributed by atoms with van der Waals surface area (Å²) in [7, 11) is 0. The van der Waals surface area contributed by atoms with E-state index in [1.54, 1.807) is 11.3 Å². The lowest BCUT2D eigenvalue weighted by molar-refractivity contribution is 0.633. The molecule has 2 aliphatic carbocycles. The van der Waals surface area contributed by atoms with E-state index in [1.165, 1.54) is 52.6 Å². The third-order valence-electron chi connectivity index (χ3n) is 12.0. The molecule has 13 rings (SSSR count). The van der Waals surface area contributed by atoms with E-state index >= 15 is 0 Å². The maximum absolute atomic E-state index is 5.58. The first-order chi connectivity index (χ1) is 27.6. The van der Waals surface area contributed by atoms with Gasteiger partial charge in [-0.3, -0.25) is 9.38 Å². The molecule has 0 N–H and O–H groups in total. The number of allylic oxidation sites excluding steroid dienone is 1. The van der Waals surface area contributed by atoms with Crippen LogP contribution in [0.25, 0.3) is 109 Å². The van der Waals surface area contributed by atoms with Crippen molar-refractivity contribution < 1.29 is 0 Å². The maximum Gasteiger partial charge on any atom is 0.156 e. The molecule has 2 aliphatic rings. The Hall–Kier alpha value is -6.54. The number of aromatic nitrogens is 5. The molecule has 5 aromatic carbocycles. The number of thiophene rings is 2. The molecule has 0 saturated carbocycles. The first-order valence-corrected chi connectivity index (χ1v) is 20.6. The quantitative estimate of drug-likeness (QED) is 0.176. The summed E-state index contributed by atoms with van der Waals surface area (Å²) in [4.78, 5) is 21.2. The number of pyridine rings is 2. The zero-order valence-electron chi connectivity index (χ0n) is 30.1. The number of hydrogen-bond acceptors (Lipinski definition) is 6. The Morgan fingerprint density at radius 3 is 2.23 bits per heavy atom. The minimum atomic E-state index is 0.230. The Labute approximate surface area is 327 Å². The lowest BCUT2D eigenvalue weighted by Crippen LogP contribution is -2.32. The first-order valence-electron chi connectivity index (χ1n) is 19.0. The van der Waals surface area contributed by atoms with Crippen LogP contribution in [0.4, 0.5) is 0 Å². The van der Waals surface area contributed by atoms with Gasteiger partial charge >= 0.3 is 0 Å². The van der Waals surface area contributed by atoms with E-state index in [2.05, 4.69) is 127 Å². The third kappa shape index (κ3) is 4.29. The number of fused-ring (bicyclic) bond motifs is 14. The lowest BCUT2D eigenvalue weighted by Gasteiger charge is -2.28. The molecule has 6 heterocycles. The van der Waals surface area contributed by atoms with Crippen LogP contribution < -0.4 is 10.4 Å². The van der Waals surface area contributed by atoms with Crippen LogP contribution in [0.2, 0.25) is 0 Å². The second-order valence-electron chi connectivity index (χ2n) is 15.1. The average Bonchev–Trinajstić information content (AvgIpc) is 3.92. The van der Waals surface area contributed by atoms with Gasteiger partial charge in [-0.15, -0.1) is 22.7 Å². The second kappa shape index (κ2) is 11.3. The largest absolute Gasteiger partial charge is 0.291 e. The number of nitrogens with zero attached hydrogens (tertiary/aromatic N) is 5. The molecule has 0 radical (unpaired) electrons. The third-order valence-corrected chi connectivity index (χ3v) is 14.2. The molecule has 7 heteroatoms. The van der Waals surface area contributed by atoms with Gasteiger partial charge in [-0.25, -0.2) is 15.0 Å². The van der Waals surface area contributed by atoms with Gasteiger partial charge in [-0.2, -0.15) is 0 Å². The predicted molar refractivity (Wildman–Crippen MR) is 235 cm³/mol. The van der Waals surface area contributed by atoms with Crippen molar-refractivity contribution in [3.05, 3.63) is 155 Å². The van der Waals surface area contributed by atoms with Gasteiger partial charge in [-0.05, 0) is 80.4 Å². The smallest absolute Gasteiger partial charge is 0.156 e. The van der Waals surface area contributed by atoms with E-state index in [-0.39, 0.29) is 11.8 Å². The Bertz CT molecular complexity index is 3680. The molecule has 2 unspecified atom stereocenters. The van der Waals surface area contributed by atoms with E-state index in [4.69, 9.17) is 19.9 Å². The molecule has 0 amide bonds. The highest BCUT2D eigenvalue weighted by molar-refractivity contribution is 7.26. The molecule has 262 valence electrons. The second-order valence-corrected chi connectivity index (χ2v) is 17.1. The average molecular weight is 752 g/mol. The molecular formula is C49H29N5S2. The van der Waals surface area contributed by atoms with Gasteiger partial charge in [0.25, 0.3) is 0 Å². The molecule has 0 saturated heterocycles. The van der Waals surface area contributed by atoms with Crippen LogP contribution in [-0.2, 0) is 0 Å². The van der Waals surface area contributed by atoms with Crippen LogP contribution in [0.15, 0.2) is 133 Å².